The Morgan fingerprint density at radius 3 is 2.43 bits per heavy atom. The first-order valence-corrected chi connectivity index (χ1v) is 6.14. The van der Waals surface area contributed by atoms with E-state index in [-0.39, 0.29) is 0 Å². The van der Waals surface area contributed by atoms with Gasteiger partial charge in [-0.15, -0.1) is 0 Å². The molecule has 0 aliphatic heterocycles. The van der Waals surface area contributed by atoms with Crippen LogP contribution in [0.3, 0.4) is 0 Å². The van der Waals surface area contributed by atoms with Gasteiger partial charge in [0.15, 0.2) is 0 Å². The van der Waals surface area contributed by atoms with Gasteiger partial charge in [0.25, 0.3) is 0 Å². The summed E-state index contributed by atoms with van der Waals surface area (Å²) in [6.45, 7) is 10.5. The highest BCUT2D eigenvalue weighted by Crippen LogP contribution is 2.66. The molecule has 82 valence electrons. The molecule has 0 saturated heterocycles. The molecule has 3 atom stereocenters. The van der Waals surface area contributed by atoms with Gasteiger partial charge in [-0.2, -0.15) is 0 Å². The predicted molar refractivity (Wildman–Crippen MR) is 59.3 cm³/mol. The van der Waals surface area contributed by atoms with Crippen LogP contribution >= 0.6 is 0 Å². The molecule has 0 radical (unpaired) electrons. The lowest BCUT2D eigenvalue weighted by atomic mass is 9.70. The third-order valence-electron chi connectivity index (χ3n) is 5.24. The number of fused-ring (bicyclic) bond motifs is 2. The van der Waals surface area contributed by atoms with Gasteiger partial charge in [-0.25, -0.2) is 0 Å². The molecule has 2 aliphatic rings. The summed E-state index contributed by atoms with van der Waals surface area (Å²) in [5.74, 6) is 0.911. The summed E-state index contributed by atoms with van der Waals surface area (Å²) in [6.07, 6.45) is 5.80. The Bertz CT molecular complexity index is 221. The summed E-state index contributed by atoms with van der Waals surface area (Å²) in [5.41, 5.74) is 0.957. The highest BCUT2D eigenvalue weighted by atomic mass is 16.5. The van der Waals surface area contributed by atoms with Crippen molar-refractivity contribution in [1.29, 1.82) is 0 Å². The van der Waals surface area contributed by atoms with Gasteiger partial charge in [-0.1, -0.05) is 27.7 Å². The van der Waals surface area contributed by atoms with Crippen LogP contribution in [0.4, 0.5) is 0 Å². The molecule has 0 spiro atoms. The quantitative estimate of drug-likeness (QED) is 0.670. The molecule has 0 aromatic rings. The molecule has 2 rings (SSSR count). The fourth-order valence-electron chi connectivity index (χ4n) is 3.64. The molecule has 2 saturated carbocycles. The van der Waals surface area contributed by atoms with Crippen LogP contribution < -0.4 is 0 Å². The van der Waals surface area contributed by atoms with Crippen molar-refractivity contribution in [2.75, 3.05) is 6.61 Å². The summed E-state index contributed by atoms with van der Waals surface area (Å²) in [4.78, 5) is 0. The van der Waals surface area contributed by atoms with Gasteiger partial charge in [-0.3, -0.25) is 0 Å². The van der Waals surface area contributed by atoms with Gasteiger partial charge in [0.05, 0.1) is 6.10 Å². The maximum atomic E-state index is 6.02. The van der Waals surface area contributed by atoms with Crippen LogP contribution in [0.1, 0.15) is 53.4 Å². The summed E-state index contributed by atoms with van der Waals surface area (Å²) < 4.78 is 6.02. The van der Waals surface area contributed by atoms with E-state index >= 15 is 0 Å². The lowest BCUT2D eigenvalue weighted by Gasteiger charge is -2.38. The highest BCUT2D eigenvalue weighted by molar-refractivity contribution is 5.11. The Morgan fingerprint density at radius 2 is 2.00 bits per heavy atom. The van der Waals surface area contributed by atoms with Crippen molar-refractivity contribution in [3.8, 4) is 0 Å². The first-order chi connectivity index (χ1) is 6.52. The number of hydrogen-bond donors (Lipinski definition) is 0. The fraction of sp³-hybridized carbons (Fsp3) is 1.00. The minimum Gasteiger partial charge on any atom is -0.378 e. The molecular formula is C13H24O. The van der Waals surface area contributed by atoms with Gasteiger partial charge in [-0.05, 0) is 42.4 Å². The van der Waals surface area contributed by atoms with E-state index in [0.717, 1.165) is 18.9 Å². The van der Waals surface area contributed by atoms with Gasteiger partial charge in [0.1, 0.15) is 0 Å². The highest BCUT2D eigenvalue weighted by Gasteiger charge is 2.61. The van der Waals surface area contributed by atoms with Crippen molar-refractivity contribution in [3.63, 3.8) is 0 Å². The minimum atomic E-state index is 0.451. The zero-order chi connectivity index (χ0) is 10.4. The number of hydrogen-bond acceptors (Lipinski definition) is 1. The molecule has 0 aromatic carbocycles. The molecule has 2 aliphatic carbocycles. The summed E-state index contributed by atoms with van der Waals surface area (Å²) in [6, 6.07) is 0. The van der Waals surface area contributed by atoms with Gasteiger partial charge >= 0.3 is 0 Å². The van der Waals surface area contributed by atoms with E-state index in [0.29, 0.717) is 16.9 Å². The molecule has 0 aromatic heterocycles. The first kappa shape index (κ1) is 10.5. The van der Waals surface area contributed by atoms with Gasteiger partial charge < -0.3 is 4.74 Å². The molecule has 0 heterocycles. The zero-order valence-corrected chi connectivity index (χ0v) is 10.1. The van der Waals surface area contributed by atoms with Crippen LogP contribution in [0.5, 0.6) is 0 Å². The predicted octanol–water partition coefficient (Wildman–Crippen LogP) is 3.63. The monoisotopic (exact) mass is 196 g/mol. The van der Waals surface area contributed by atoms with Crippen molar-refractivity contribution < 1.29 is 4.74 Å². The summed E-state index contributed by atoms with van der Waals surface area (Å²) in [5, 5.41) is 0. The second-order valence-electron chi connectivity index (χ2n) is 5.97. The minimum absolute atomic E-state index is 0.451. The third kappa shape index (κ3) is 1.18. The van der Waals surface area contributed by atoms with Crippen LogP contribution in [-0.4, -0.2) is 12.7 Å². The molecule has 14 heavy (non-hydrogen) atoms. The van der Waals surface area contributed by atoms with E-state index in [1.807, 2.05) is 0 Å². The molecule has 0 unspecified atom stereocenters. The van der Waals surface area contributed by atoms with E-state index in [1.54, 1.807) is 0 Å². The molecule has 0 N–H and O–H groups in total. The molecule has 2 bridgehead atoms. The SMILES string of the molecule is CCCO[C@@H]1C[C@H]2CC[C@@]1(C)C2(C)C. The van der Waals surface area contributed by atoms with Crippen LogP contribution in [-0.2, 0) is 4.74 Å². The standard InChI is InChI=1S/C13H24O/c1-5-8-14-11-9-10-6-7-13(11,4)12(10,2)3/h10-11H,5-9H2,1-4H3/t10-,11-,13-/m1/s1. The van der Waals surface area contributed by atoms with Crippen molar-refractivity contribution in [1.82, 2.24) is 0 Å². The molecule has 0 amide bonds. The zero-order valence-electron chi connectivity index (χ0n) is 10.1. The lowest BCUT2D eigenvalue weighted by molar-refractivity contribution is -0.0461. The van der Waals surface area contributed by atoms with Crippen LogP contribution in [0.25, 0.3) is 0 Å². The number of ether oxygens (including phenoxy) is 1. The third-order valence-corrected chi connectivity index (χ3v) is 5.24. The Balaban J connectivity index is 2.11. The smallest absolute Gasteiger partial charge is 0.0636 e. The van der Waals surface area contributed by atoms with Gasteiger partial charge in [0, 0.05) is 6.61 Å². The number of rotatable bonds is 3. The van der Waals surface area contributed by atoms with E-state index < -0.39 is 0 Å². The van der Waals surface area contributed by atoms with E-state index in [2.05, 4.69) is 27.7 Å². The van der Waals surface area contributed by atoms with E-state index in [9.17, 15) is 0 Å². The van der Waals surface area contributed by atoms with E-state index in [1.165, 1.54) is 19.3 Å². The topological polar surface area (TPSA) is 9.23 Å². The first-order valence-electron chi connectivity index (χ1n) is 6.14. The van der Waals surface area contributed by atoms with E-state index in [4.69, 9.17) is 4.74 Å². The van der Waals surface area contributed by atoms with Crippen molar-refractivity contribution in [2.24, 2.45) is 16.7 Å². The Hall–Kier alpha value is -0.0400. The molecule has 1 heteroatoms. The van der Waals surface area contributed by atoms with Crippen LogP contribution in [0.2, 0.25) is 0 Å². The second-order valence-corrected chi connectivity index (χ2v) is 5.97. The molecule has 1 nitrogen and oxygen atoms in total. The second kappa shape index (κ2) is 3.23. The van der Waals surface area contributed by atoms with Crippen molar-refractivity contribution in [2.45, 2.75) is 59.5 Å². The van der Waals surface area contributed by atoms with Crippen molar-refractivity contribution in [3.05, 3.63) is 0 Å². The Labute approximate surface area is 88.2 Å². The summed E-state index contributed by atoms with van der Waals surface area (Å²) in [7, 11) is 0. The fourth-order valence-corrected chi connectivity index (χ4v) is 3.64. The Kier molecular flexibility index (Phi) is 2.42. The normalized spacial score (nSPS) is 44.6. The largest absolute Gasteiger partial charge is 0.378 e. The lowest BCUT2D eigenvalue weighted by Crippen LogP contribution is -2.37. The maximum absolute atomic E-state index is 6.02. The average Bonchev–Trinajstić information content (AvgIpc) is 2.46. The Morgan fingerprint density at radius 1 is 1.29 bits per heavy atom. The average molecular weight is 196 g/mol. The molecular weight excluding hydrogens is 172 g/mol. The van der Waals surface area contributed by atoms with Crippen LogP contribution in [0.15, 0.2) is 0 Å². The van der Waals surface area contributed by atoms with Crippen LogP contribution in [0, 0.1) is 16.7 Å². The van der Waals surface area contributed by atoms with Gasteiger partial charge in [0.2, 0.25) is 0 Å². The van der Waals surface area contributed by atoms with Crippen molar-refractivity contribution >= 4 is 0 Å². The summed E-state index contributed by atoms with van der Waals surface area (Å²) >= 11 is 0. The maximum Gasteiger partial charge on any atom is 0.0636 e. The molecule has 2 fully saturated rings.